The van der Waals surface area contributed by atoms with Gasteiger partial charge >= 0.3 is 0 Å². The number of hydrogen-bond donors (Lipinski definition) is 3. The molecule has 8 nitrogen and oxygen atoms in total. The van der Waals surface area contributed by atoms with Crippen molar-refractivity contribution in [1.29, 1.82) is 0 Å². The van der Waals surface area contributed by atoms with Crippen molar-refractivity contribution in [1.82, 2.24) is 20.1 Å². The number of aromatic amines is 1. The van der Waals surface area contributed by atoms with Crippen molar-refractivity contribution < 1.29 is 14.4 Å². The average molecular weight is 580 g/mol. The van der Waals surface area contributed by atoms with E-state index in [-0.39, 0.29) is 29.8 Å². The molecule has 3 aliphatic rings. The van der Waals surface area contributed by atoms with Gasteiger partial charge < -0.3 is 25.4 Å². The first-order valence-corrected chi connectivity index (χ1v) is 15.6. The standard InChI is InChI=1S/C35H41N5O3/c1-4-29(24-11-6-5-7-12-24)37-33(41)25-14-15-30-27(19-25)28(34(42)38-30)20-31-22(2)32(23(3)36-31)35(43)40-18-10-13-26(40)21-39-16-8-9-17-39/h5-7,11-12,14-15,19-20,26,29,36H,4,8-10,13,16-18,21H2,1-3H3,(H,37,41)(H,38,42)/b28-20-/t26-,29-/m1/s1. The fourth-order valence-corrected chi connectivity index (χ4v) is 6.90. The predicted molar refractivity (Wildman–Crippen MR) is 170 cm³/mol. The van der Waals surface area contributed by atoms with E-state index >= 15 is 0 Å². The Morgan fingerprint density at radius 2 is 1.81 bits per heavy atom. The van der Waals surface area contributed by atoms with Crippen molar-refractivity contribution in [3.63, 3.8) is 0 Å². The fourth-order valence-electron chi connectivity index (χ4n) is 6.90. The minimum Gasteiger partial charge on any atom is -0.358 e. The average Bonchev–Trinajstić information content (AvgIpc) is 3.81. The van der Waals surface area contributed by atoms with Crippen molar-refractivity contribution in [2.75, 3.05) is 31.5 Å². The molecule has 0 radical (unpaired) electrons. The van der Waals surface area contributed by atoms with Crippen LogP contribution in [0.1, 0.15) is 93.9 Å². The molecule has 3 aliphatic heterocycles. The number of rotatable bonds is 8. The Kier molecular flexibility index (Phi) is 8.21. The molecule has 2 fully saturated rings. The first-order valence-electron chi connectivity index (χ1n) is 15.6. The molecule has 1 aromatic heterocycles. The summed E-state index contributed by atoms with van der Waals surface area (Å²) < 4.78 is 0. The van der Waals surface area contributed by atoms with Gasteiger partial charge in [-0.1, -0.05) is 37.3 Å². The summed E-state index contributed by atoms with van der Waals surface area (Å²) in [5.74, 6) is -0.351. The second-order valence-corrected chi connectivity index (χ2v) is 12.1. The maximum absolute atomic E-state index is 13.9. The van der Waals surface area contributed by atoms with Crippen LogP contribution in [0.3, 0.4) is 0 Å². The van der Waals surface area contributed by atoms with Gasteiger partial charge in [0.2, 0.25) is 0 Å². The molecule has 0 unspecified atom stereocenters. The zero-order chi connectivity index (χ0) is 30.1. The number of H-pyrrole nitrogens is 1. The summed E-state index contributed by atoms with van der Waals surface area (Å²) in [6.45, 7) is 9.89. The maximum atomic E-state index is 13.9. The third kappa shape index (κ3) is 5.76. The number of amides is 3. The first-order chi connectivity index (χ1) is 20.8. The summed E-state index contributed by atoms with van der Waals surface area (Å²) in [6.07, 6.45) is 7.12. The Hall–Kier alpha value is -4.17. The van der Waals surface area contributed by atoms with Gasteiger partial charge in [0.25, 0.3) is 17.7 Å². The van der Waals surface area contributed by atoms with Gasteiger partial charge in [-0.2, -0.15) is 0 Å². The molecule has 8 heteroatoms. The van der Waals surface area contributed by atoms with Crippen LogP contribution in [0.25, 0.3) is 11.6 Å². The van der Waals surface area contributed by atoms with E-state index in [4.69, 9.17) is 0 Å². The van der Waals surface area contributed by atoms with Crippen LogP contribution in [0, 0.1) is 13.8 Å². The molecule has 2 saturated heterocycles. The SMILES string of the molecule is CC[C@@H](NC(=O)c1ccc2c(c1)/C(=C/c1[nH]c(C)c(C(=O)N3CCC[C@@H]3CN3CCCC3)c1C)C(=O)N2)c1ccccc1. The first kappa shape index (κ1) is 28.9. The highest BCUT2D eigenvalue weighted by Gasteiger charge is 2.34. The van der Waals surface area contributed by atoms with E-state index in [0.29, 0.717) is 28.0 Å². The highest BCUT2D eigenvalue weighted by molar-refractivity contribution is 6.35. The van der Waals surface area contributed by atoms with E-state index in [1.807, 2.05) is 57.2 Å². The van der Waals surface area contributed by atoms with Gasteiger partial charge in [-0.15, -0.1) is 0 Å². The maximum Gasteiger partial charge on any atom is 0.256 e. The van der Waals surface area contributed by atoms with Gasteiger partial charge in [0.15, 0.2) is 0 Å². The second kappa shape index (κ2) is 12.2. The molecule has 2 aromatic carbocycles. The number of aromatic nitrogens is 1. The summed E-state index contributed by atoms with van der Waals surface area (Å²) in [4.78, 5) is 48.2. The van der Waals surface area contributed by atoms with E-state index in [1.54, 1.807) is 18.2 Å². The zero-order valence-corrected chi connectivity index (χ0v) is 25.3. The Bertz CT molecular complexity index is 1570. The summed E-state index contributed by atoms with van der Waals surface area (Å²) in [7, 11) is 0. The van der Waals surface area contributed by atoms with Crippen LogP contribution in [0.2, 0.25) is 0 Å². The fraction of sp³-hybridized carbons (Fsp3) is 0.400. The van der Waals surface area contributed by atoms with Crippen LogP contribution in [0.5, 0.6) is 0 Å². The van der Waals surface area contributed by atoms with E-state index in [0.717, 1.165) is 68.0 Å². The molecule has 0 bridgehead atoms. The Morgan fingerprint density at radius 1 is 1.05 bits per heavy atom. The highest BCUT2D eigenvalue weighted by atomic mass is 16.2. The molecular weight excluding hydrogens is 538 g/mol. The Labute approximate surface area is 253 Å². The number of anilines is 1. The molecule has 224 valence electrons. The number of fused-ring (bicyclic) bond motifs is 1. The summed E-state index contributed by atoms with van der Waals surface area (Å²) in [5, 5.41) is 6.06. The summed E-state index contributed by atoms with van der Waals surface area (Å²) in [5.41, 5.74) is 6.43. The van der Waals surface area contributed by atoms with Crippen LogP contribution in [-0.2, 0) is 4.79 Å². The van der Waals surface area contributed by atoms with Gasteiger partial charge in [-0.05, 0) is 94.4 Å². The molecule has 4 heterocycles. The van der Waals surface area contributed by atoms with E-state index in [1.165, 1.54) is 12.8 Å². The Balaban J connectivity index is 1.24. The van der Waals surface area contributed by atoms with Crippen molar-refractivity contribution in [2.45, 2.75) is 65.0 Å². The lowest BCUT2D eigenvalue weighted by Crippen LogP contribution is -2.42. The van der Waals surface area contributed by atoms with Gasteiger partial charge in [0.05, 0.1) is 17.2 Å². The second-order valence-electron chi connectivity index (χ2n) is 12.1. The van der Waals surface area contributed by atoms with Crippen LogP contribution < -0.4 is 10.6 Å². The molecule has 3 N–H and O–H groups in total. The number of benzene rings is 2. The number of likely N-dealkylation sites (tertiary alicyclic amines) is 2. The molecule has 6 rings (SSSR count). The topological polar surface area (TPSA) is 97.5 Å². The molecule has 0 spiro atoms. The third-order valence-corrected chi connectivity index (χ3v) is 9.26. The quantitative estimate of drug-likeness (QED) is 0.298. The third-order valence-electron chi connectivity index (χ3n) is 9.26. The van der Waals surface area contributed by atoms with Crippen LogP contribution in [0.4, 0.5) is 5.69 Å². The minimum atomic E-state index is -0.229. The number of carbonyl (C=O) groups excluding carboxylic acids is 3. The van der Waals surface area contributed by atoms with Crippen molar-refractivity contribution in [3.05, 3.63) is 87.7 Å². The van der Waals surface area contributed by atoms with Crippen molar-refractivity contribution >= 4 is 35.1 Å². The monoisotopic (exact) mass is 579 g/mol. The number of carbonyl (C=O) groups is 3. The van der Waals surface area contributed by atoms with E-state index in [2.05, 4.69) is 25.4 Å². The zero-order valence-electron chi connectivity index (χ0n) is 25.3. The number of nitrogens with one attached hydrogen (secondary N) is 3. The number of hydrogen-bond acceptors (Lipinski definition) is 4. The minimum absolute atomic E-state index is 0.0664. The molecule has 3 aromatic rings. The van der Waals surface area contributed by atoms with Crippen LogP contribution >= 0.6 is 0 Å². The highest BCUT2D eigenvalue weighted by Crippen LogP contribution is 2.35. The van der Waals surface area contributed by atoms with Crippen molar-refractivity contribution in [3.8, 4) is 0 Å². The van der Waals surface area contributed by atoms with Crippen molar-refractivity contribution in [2.24, 2.45) is 0 Å². The molecule has 2 atom stereocenters. The lowest BCUT2D eigenvalue weighted by Gasteiger charge is -2.28. The summed E-state index contributed by atoms with van der Waals surface area (Å²) >= 11 is 0. The normalized spacial score (nSPS) is 20.0. The molecule has 0 saturated carbocycles. The molecule has 43 heavy (non-hydrogen) atoms. The van der Waals surface area contributed by atoms with Crippen LogP contribution in [-0.4, -0.2) is 64.7 Å². The lowest BCUT2D eigenvalue weighted by molar-refractivity contribution is -0.110. The molecular formula is C35H41N5O3. The molecule has 3 amide bonds. The van der Waals surface area contributed by atoms with E-state index < -0.39 is 0 Å². The smallest absolute Gasteiger partial charge is 0.256 e. The number of nitrogens with zero attached hydrogens (tertiary/aromatic N) is 2. The van der Waals surface area contributed by atoms with Gasteiger partial charge in [0.1, 0.15) is 0 Å². The van der Waals surface area contributed by atoms with Gasteiger partial charge in [-0.25, -0.2) is 0 Å². The predicted octanol–water partition coefficient (Wildman–Crippen LogP) is 5.71. The number of aryl methyl sites for hydroxylation is 1. The summed E-state index contributed by atoms with van der Waals surface area (Å²) in [6, 6.07) is 15.3. The van der Waals surface area contributed by atoms with Gasteiger partial charge in [0, 0.05) is 47.3 Å². The largest absolute Gasteiger partial charge is 0.358 e. The Morgan fingerprint density at radius 3 is 2.56 bits per heavy atom. The van der Waals surface area contributed by atoms with E-state index in [9.17, 15) is 14.4 Å². The lowest BCUT2D eigenvalue weighted by atomic mass is 10.0. The van der Waals surface area contributed by atoms with Gasteiger partial charge in [-0.3, -0.25) is 14.4 Å². The molecule has 0 aliphatic carbocycles. The van der Waals surface area contributed by atoms with Crippen LogP contribution in [0.15, 0.2) is 48.5 Å².